The number of sulfonamides is 1. The van der Waals surface area contributed by atoms with E-state index < -0.39 is 10.0 Å². The van der Waals surface area contributed by atoms with Gasteiger partial charge in [-0.15, -0.1) is 11.8 Å². The third kappa shape index (κ3) is 2.90. The van der Waals surface area contributed by atoms with Crippen LogP contribution in [0.5, 0.6) is 0 Å². The van der Waals surface area contributed by atoms with Gasteiger partial charge in [-0.1, -0.05) is 35.6 Å². The van der Waals surface area contributed by atoms with Crippen LogP contribution in [-0.2, 0) is 10.0 Å². The van der Waals surface area contributed by atoms with E-state index in [9.17, 15) is 8.42 Å². The van der Waals surface area contributed by atoms with Crippen LogP contribution in [0.25, 0.3) is 10.2 Å². The fourth-order valence-corrected chi connectivity index (χ4v) is 4.68. The molecule has 0 spiro atoms. The Morgan fingerprint density at radius 1 is 1.10 bits per heavy atom. The minimum Gasteiger partial charge on any atom is -0.255 e. The molecule has 0 fully saturated rings. The van der Waals surface area contributed by atoms with Crippen molar-refractivity contribution in [3.8, 4) is 0 Å². The highest BCUT2D eigenvalue weighted by Gasteiger charge is 2.16. The summed E-state index contributed by atoms with van der Waals surface area (Å²) in [6.45, 7) is 0. The van der Waals surface area contributed by atoms with Crippen LogP contribution in [0.15, 0.2) is 58.3 Å². The summed E-state index contributed by atoms with van der Waals surface area (Å²) in [4.78, 5) is 5.67. The summed E-state index contributed by atoms with van der Waals surface area (Å²) in [7, 11) is -3.59. The standard InChI is InChI=1S/C14H12N2O2S3/c1-19-11-8-5-9-12-13(11)15-14(20-12)16-21(17,18)10-6-3-2-4-7-10/h2-9H,1H3,(H,15,16). The maximum atomic E-state index is 12.3. The highest BCUT2D eigenvalue weighted by atomic mass is 32.2. The van der Waals surface area contributed by atoms with Crippen molar-refractivity contribution in [3.05, 3.63) is 48.5 Å². The van der Waals surface area contributed by atoms with Gasteiger partial charge in [0, 0.05) is 4.90 Å². The molecular weight excluding hydrogens is 324 g/mol. The molecule has 0 amide bonds. The molecule has 1 N–H and O–H groups in total. The molecule has 0 aliphatic rings. The van der Waals surface area contributed by atoms with Gasteiger partial charge >= 0.3 is 0 Å². The van der Waals surface area contributed by atoms with Crippen LogP contribution in [0.4, 0.5) is 5.13 Å². The zero-order valence-corrected chi connectivity index (χ0v) is 13.6. The zero-order valence-electron chi connectivity index (χ0n) is 11.1. The van der Waals surface area contributed by atoms with E-state index in [4.69, 9.17) is 0 Å². The van der Waals surface area contributed by atoms with E-state index in [-0.39, 0.29) is 4.90 Å². The number of thiazole rings is 1. The number of para-hydroxylation sites is 1. The van der Waals surface area contributed by atoms with Gasteiger partial charge in [-0.3, -0.25) is 4.72 Å². The molecule has 0 radical (unpaired) electrons. The minimum atomic E-state index is -3.59. The first-order chi connectivity index (χ1) is 10.1. The largest absolute Gasteiger partial charge is 0.263 e. The van der Waals surface area contributed by atoms with E-state index in [0.717, 1.165) is 15.1 Å². The van der Waals surface area contributed by atoms with Crippen molar-refractivity contribution in [1.82, 2.24) is 4.98 Å². The smallest absolute Gasteiger partial charge is 0.255 e. The number of hydrogen-bond donors (Lipinski definition) is 1. The van der Waals surface area contributed by atoms with Crippen LogP contribution in [0.3, 0.4) is 0 Å². The molecule has 0 saturated heterocycles. The van der Waals surface area contributed by atoms with Gasteiger partial charge in [-0.25, -0.2) is 13.4 Å². The maximum Gasteiger partial charge on any atom is 0.263 e. The first-order valence-corrected chi connectivity index (χ1v) is 9.64. The molecule has 3 rings (SSSR count). The molecule has 108 valence electrons. The summed E-state index contributed by atoms with van der Waals surface area (Å²) < 4.78 is 28.1. The van der Waals surface area contributed by atoms with Crippen LogP contribution < -0.4 is 4.72 Å². The van der Waals surface area contributed by atoms with Crippen LogP contribution in [-0.4, -0.2) is 19.7 Å². The second-order valence-corrected chi connectivity index (χ2v) is 7.81. The van der Waals surface area contributed by atoms with E-state index in [1.54, 1.807) is 42.1 Å². The molecule has 21 heavy (non-hydrogen) atoms. The Kier molecular flexibility index (Phi) is 3.88. The molecule has 0 aliphatic carbocycles. The summed E-state index contributed by atoms with van der Waals surface area (Å²) in [6, 6.07) is 14.1. The Balaban J connectivity index is 1.99. The molecule has 3 aromatic rings. The predicted octanol–water partition coefficient (Wildman–Crippen LogP) is 3.82. The average Bonchev–Trinajstić information content (AvgIpc) is 2.89. The number of hydrogen-bond acceptors (Lipinski definition) is 5. The monoisotopic (exact) mass is 336 g/mol. The van der Waals surface area contributed by atoms with Crippen molar-refractivity contribution in [2.45, 2.75) is 9.79 Å². The molecule has 4 nitrogen and oxygen atoms in total. The molecular formula is C14H12N2O2S3. The van der Waals surface area contributed by atoms with E-state index in [0.29, 0.717) is 5.13 Å². The van der Waals surface area contributed by atoms with Crippen molar-refractivity contribution in [2.75, 3.05) is 11.0 Å². The molecule has 0 saturated carbocycles. The minimum absolute atomic E-state index is 0.231. The van der Waals surface area contributed by atoms with E-state index in [2.05, 4.69) is 9.71 Å². The van der Waals surface area contributed by atoms with Gasteiger partial charge in [0.1, 0.15) is 0 Å². The summed E-state index contributed by atoms with van der Waals surface area (Å²) >= 11 is 2.93. The fourth-order valence-electron chi connectivity index (χ4n) is 1.91. The second kappa shape index (κ2) is 5.67. The SMILES string of the molecule is CSc1cccc2sc(NS(=O)(=O)c3ccccc3)nc12. The number of nitrogens with one attached hydrogen (secondary N) is 1. The quantitative estimate of drug-likeness (QED) is 0.736. The predicted molar refractivity (Wildman–Crippen MR) is 88.7 cm³/mol. The lowest BCUT2D eigenvalue weighted by Gasteiger charge is -2.04. The lowest BCUT2D eigenvalue weighted by atomic mass is 10.3. The van der Waals surface area contributed by atoms with E-state index >= 15 is 0 Å². The lowest BCUT2D eigenvalue weighted by molar-refractivity contribution is 0.601. The molecule has 1 aromatic heterocycles. The number of thioether (sulfide) groups is 1. The first-order valence-electron chi connectivity index (χ1n) is 6.11. The summed E-state index contributed by atoms with van der Waals surface area (Å²) in [6.07, 6.45) is 1.97. The molecule has 1 heterocycles. The van der Waals surface area contributed by atoms with Crippen LogP contribution >= 0.6 is 23.1 Å². The topological polar surface area (TPSA) is 59.1 Å². The second-order valence-electron chi connectivity index (χ2n) is 4.24. The number of rotatable bonds is 4. The number of nitrogens with zero attached hydrogens (tertiary/aromatic N) is 1. The number of benzene rings is 2. The number of aromatic nitrogens is 1. The fraction of sp³-hybridized carbons (Fsp3) is 0.0714. The Morgan fingerprint density at radius 2 is 1.86 bits per heavy atom. The van der Waals surface area contributed by atoms with Crippen LogP contribution in [0, 0.1) is 0 Å². The average molecular weight is 336 g/mol. The Hall–Kier alpha value is -1.57. The molecule has 7 heteroatoms. The maximum absolute atomic E-state index is 12.3. The van der Waals surface area contributed by atoms with Gasteiger partial charge < -0.3 is 0 Å². The number of fused-ring (bicyclic) bond motifs is 1. The van der Waals surface area contributed by atoms with Gasteiger partial charge in [0.2, 0.25) is 0 Å². The lowest BCUT2D eigenvalue weighted by Crippen LogP contribution is -2.12. The molecule has 0 aliphatic heterocycles. The Morgan fingerprint density at radius 3 is 2.57 bits per heavy atom. The summed E-state index contributed by atoms with van der Waals surface area (Å²) in [5, 5.41) is 0.385. The highest BCUT2D eigenvalue weighted by Crippen LogP contribution is 2.33. The van der Waals surface area contributed by atoms with Gasteiger partial charge in [0.15, 0.2) is 5.13 Å². The summed E-state index contributed by atoms with van der Waals surface area (Å²) in [5.41, 5.74) is 0.834. The van der Waals surface area contributed by atoms with Crippen LogP contribution in [0.2, 0.25) is 0 Å². The third-order valence-corrected chi connectivity index (χ3v) is 6.07. The van der Waals surface area contributed by atoms with Gasteiger partial charge in [0.05, 0.1) is 15.1 Å². The summed E-state index contributed by atoms with van der Waals surface area (Å²) in [5.74, 6) is 0. The third-order valence-electron chi connectivity index (χ3n) is 2.88. The molecule has 2 aromatic carbocycles. The van der Waals surface area contributed by atoms with Gasteiger partial charge in [-0.05, 0) is 30.5 Å². The van der Waals surface area contributed by atoms with Crippen LogP contribution in [0.1, 0.15) is 0 Å². The van der Waals surface area contributed by atoms with Crippen molar-refractivity contribution in [1.29, 1.82) is 0 Å². The Bertz CT molecular complexity index is 874. The van der Waals surface area contributed by atoms with Crippen molar-refractivity contribution in [2.24, 2.45) is 0 Å². The molecule has 0 atom stereocenters. The molecule has 0 unspecified atom stereocenters. The van der Waals surface area contributed by atoms with Gasteiger partial charge in [0.25, 0.3) is 10.0 Å². The number of anilines is 1. The van der Waals surface area contributed by atoms with Crippen molar-refractivity contribution >= 4 is 48.5 Å². The van der Waals surface area contributed by atoms with Crippen molar-refractivity contribution in [3.63, 3.8) is 0 Å². The Labute approximate surface area is 131 Å². The van der Waals surface area contributed by atoms with Crippen molar-refractivity contribution < 1.29 is 8.42 Å². The normalized spacial score (nSPS) is 11.7. The highest BCUT2D eigenvalue weighted by molar-refractivity contribution is 7.98. The zero-order chi connectivity index (χ0) is 14.9. The van der Waals surface area contributed by atoms with E-state index in [1.807, 2.05) is 24.5 Å². The van der Waals surface area contributed by atoms with Gasteiger partial charge in [-0.2, -0.15) is 0 Å². The molecule has 0 bridgehead atoms. The van der Waals surface area contributed by atoms with E-state index in [1.165, 1.54) is 11.3 Å². The first kappa shape index (κ1) is 14.4.